The van der Waals surface area contributed by atoms with Crippen molar-refractivity contribution >= 4 is 28.6 Å². The summed E-state index contributed by atoms with van der Waals surface area (Å²) < 4.78 is 5.60. The van der Waals surface area contributed by atoms with Crippen LogP contribution in [0.15, 0.2) is 35.8 Å². The molecule has 0 spiro atoms. The first-order valence-electron chi connectivity index (χ1n) is 7.00. The van der Waals surface area contributed by atoms with Crippen LogP contribution in [0.2, 0.25) is 0 Å². The largest absolute Gasteiger partial charge is 0.431 e. The minimum atomic E-state index is -0.0868. The van der Waals surface area contributed by atoms with Gasteiger partial charge < -0.3 is 10.1 Å². The zero-order valence-electron chi connectivity index (χ0n) is 12.7. The van der Waals surface area contributed by atoms with Gasteiger partial charge in [0.1, 0.15) is 10.6 Å². The molecule has 23 heavy (non-hydrogen) atoms. The van der Waals surface area contributed by atoms with Crippen LogP contribution in [0.25, 0.3) is 0 Å². The monoisotopic (exact) mass is 345 g/mol. The molecule has 118 valence electrons. The van der Waals surface area contributed by atoms with Crippen LogP contribution in [0.3, 0.4) is 0 Å². The summed E-state index contributed by atoms with van der Waals surface area (Å²) in [6, 6.07) is 7.58. The molecule has 0 atom stereocenters. The van der Waals surface area contributed by atoms with E-state index in [1.54, 1.807) is 6.20 Å². The van der Waals surface area contributed by atoms with Gasteiger partial charge in [-0.1, -0.05) is 23.5 Å². The summed E-state index contributed by atoms with van der Waals surface area (Å²) in [6.45, 7) is 4.21. The Kier molecular flexibility index (Phi) is 4.68. The molecule has 0 aliphatic carbocycles. The lowest BCUT2D eigenvalue weighted by molar-refractivity contribution is 0.0954. The number of rotatable bonds is 5. The third kappa shape index (κ3) is 3.94. The second-order valence-electron chi connectivity index (χ2n) is 4.87. The van der Waals surface area contributed by atoms with E-state index in [9.17, 15) is 4.79 Å². The highest BCUT2D eigenvalue weighted by Gasteiger charge is 2.13. The smallest absolute Gasteiger partial charge is 0.278 e. The standard InChI is InChI=1S/C16H15N3O2S2/c1-10-14(23-11(2)19-10)15(20)18-9-12-3-5-13(6-4-12)21-16-17-7-8-22-16/h3-8H,9H2,1-2H3,(H,18,20). The topological polar surface area (TPSA) is 64.1 Å². The molecule has 0 unspecified atom stereocenters. The highest BCUT2D eigenvalue weighted by atomic mass is 32.1. The average Bonchev–Trinajstić information content (AvgIpc) is 3.15. The second-order valence-corrected chi connectivity index (χ2v) is 6.93. The van der Waals surface area contributed by atoms with Crippen molar-refractivity contribution in [3.8, 4) is 10.9 Å². The van der Waals surface area contributed by atoms with Gasteiger partial charge in [-0.2, -0.15) is 0 Å². The van der Waals surface area contributed by atoms with Gasteiger partial charge in [0.2, 0.25) is 0 Å². The lowest BCUT2D eigenvalue weighted by Crippen LogP contribution is -2.22. The highest BCUT2D eigenvalue weighted by Crippen LogP contribution is 2.23. The van der Waals surface area contributed by atoms with Crippen molar-refractivity contribution in [2.75, 3.05) is 0 Å². The molecule has 1 N–H and O–H groups in total. The molecule has 0 radical (unpaired) electrons. The summed E-state index contributed by atoms with van der Waals surface area (Å²) in [7, 11) is 0. The molecule has 0 aliphatic heterocycles. The number of benzene rings is 1. The Morgan fingerprint density at radius 2 is 2.04 bits per heavy atom. The van der Waals surface area contributed by atoms with Crippen molar-refractivity contribution in [2.24, 2.45) is 0 Å². The van der Waals surface area contributed by atoms with Gasteiger partial charge in [0, 0.05) is 18.1 Å². The van der Waals surface area contributed by atoms with Crippen molar-refractivity contribution < 1.29 is 9.53 Å². The third-order valence-electron chi connectivity index (χ3n) is 3.10. The van der Waals surface area contributed by atoms with Gasteiger partial charge in [0.15, 0.2) is 0 Å². The van der Waals surface area contributed by atoms with Gasteiger partial charge in [-0.05, 0) is 31.5 Å². The fourth-order valence-corrected chi connectivity index (χ4v) is 3.38. The van der Waals surface area contributed by atoms with E-state index >= 15 is 0 Å². The van der Waals surface area contributed by atoms with Gasteiger partial charge in [0.25, 0.3) is 11.1 Å². The van der Waals surface area contributed by atoms with Crippen LogP contribution in [0.5, 0.6) is 10.9 Å². The first kappa shape index (κ1) is 15.6. The molecule has 0 bridgehead atoms. The van der Waals surface area contributed by atoms with E-state index in [1.165, 1.54) is 22.7 Å². The number of hydrogen-bond donors (Lipinski definition) is 1. The molecule has 0 saturated carbocycles. The van der Waals surface area contributed by atoms with Crippen LogP contribution in [0.1, 0.15) is 25.9 Å². The molecular formula is C16H15N3O2S2. The molecule has 5 nitrogen and oxygen atoms in total. The fraction of sp³-hybridized carbons (Fsp3) is 0.188. The van der Waals surface area contributed by atoms with Crippen LogP contribution in [-0.4, -0.2) is 15.9 Å². The van der Waals surface area contributed by atoms with E-state index in [2.05, 4.69) is 15.3 Å². The average molecular weight is 345 g/mol. The highest BCUT2D eigenvalue weighted by molar-refractivity contribution is 7.13. The maximum absolute atomic E-state index is 12.2. The fourth-order valence-electron chi connectivity index (χ4n) is 2.04. The summed E-state index contributed by atoms with van der Waals surface area (Å²) in [4.78, 5) is 21.2. The third-order valence-corrected chi connectivity index (χ3v) is 4.82. The van der Waals surface area contributed by atoms with Crippen LogP contribution in [0, 0.1) is 13.8 Å². The van der Waals surface area contributed by atoms with Crippen molar-refractivity contribution in [2.45, 2.75) is 20.4 Å². The van der Waals surface area contributed by atoms with Crippen LogP contribution >= 0.6 is 22.7 Å². The molecule has 1 amide bonds. The molecule has 0 saturated heterocycles. The number of aryl methyl sites for hydroxylation is 2. The van der Waals surface area contributed by atoms with Gasteiger partial charge >= 0.3 is 0 Å². The number of amides is 1. The number of ether oxygens (including phenoxy) is 1. The molecule has 7 heteroatoms. The van der Waals surface area contributed by atoms with Gasteiger partial charge in [-0.3, -0.25) is 4.79 Å². The predicted molar refractivity (Wildman–Crippen MR) is 91.4 cm³/mol. The summed E-state index contributed by atoms with van der Waals surface area (Å²) >= 11 is 2.86. The summed E-state index contributed by atoms with van der Waals surface area (Å²) in [5.41, 5.74) is 1.78. The lowest BCUT2D eigenvalue weighted by Gasteiger charge is -2.06. The van der Waals surface area contributed by atoms with Crippen molar-refractivity contribution in [3.05, 3.63) is 57.0 Å². The molecular weight excluding hydrogens is 330 g/mol. The maximum Gasteiger partial charge on any atom is 0.278 e. The van der Waals surface area contributed by atoms with Crippen LogP contribution in [0.4, 0.5) is 0 Å². The Hall–Kier alpha value is -2.25. The molecule has 2 aromatic heterocycles. The molecule has 2 heterocycles. The predicted octanol–water partition coefficient (Wildman–Crippen LogP) is 3.94. The number of nitrogens with zero attached hydrogens (tertiary/aromatic N) is 2. The second kappa shape index (κ2) is 6.89. The summed E-state index contributed by atoms with van der Waals surface area (Å²) in [5.74, 6) is 0.639. The van der Waals surface area contributed by atoms with Crippen molar-refractivity contribution in [3.63, 3.8) is 0 Å². The molecule has 1 aromatic carbocycles. The van der Waals surface area contributed by atoms with Crippen molar-refractivity contribution in [1.82, 2.24) is 15.3 Å². The minimum absolute atomic E-state index is 0.0868. The Labute approximate surface area is 142 Å². The zero-order chi connectivity index (χ0) is 16.2. The first-order chi connectivity index (χ1) is 11.1. The van der Waals surface area contributed by atoms with Crippen LogP contribution in [-0.2, 0) is 6.54 Å². The molecule has 0 fully saturated rings. The summed E-state index contributed by atoms with van der Waals surface area (Å²) in [6.07, 6.45) is 1.70. The number of thiazole rings is 2. The van der Waals surface area contributed by atoms with Gasteiger partial charge in [-0.25, -0.2) is 9.97 Å². The Bertz CT molecular complexity index is 795. The lowest BCUT2D eigenvalue weighted by atomic mass is 10.2. The normalized spacial score (nSPS) is 10.5. The van der Waals surface area contributed by atoms with E-state index in [-0.39, 0.29) is 5.91 Å². The van der Waals surface area contributed by atoms with Gasteiger partial charge in [-0.15, -0.1) is 11.3 Å². The molecule has 3 aromatic rings. The van der Waals surface area contributed by atoms with Gasteiger partial charge in [0.05, 0.1) is 10.7 Å². The SMILES string of the molecule is Cc1nc(C)c(C(=O)NCc2ccc(Oc3nccs3)cc2)s1. The van der Waals surface area contributed by atoms with E-state index in [0.717, 1.165) is 22.0 Å². The molecule has 3 rings (SSSR count). The first-order valence-corrected chi connectivity index (χ1v) is 8.70. The quantitative estimate of drug-likeness (QED) is 0.761. The summed E-state index contributed by atoms with van der Waals surface area (Å²) in [5, 5.41) is 6.29. The minimum Gasteiger partial charge on any atom is -0.431 e. The van der Waals surface area contributed by atoms with E-state index in [4.69, 9.17) is 4.74 Å². The number of aromatic nitrogens is 2. The van der Waals surface area contributed by atoms with Crippen LogP contribution < -0.4 is 10.1 Å². The Morgan fingerprint density at radius 1 is 1.26 bits per heavy atom. The van der Waals surface area contributed by atoms with Crippen molar-refractivity contribution in [1.29, 1.82) is 0 Å². The van der Waals surface area contributed by atoms with E-state index in [0.29, 0.717) is 16.6 Å². The maximum atomic E-state index is 12.2. The number of nitrogens with one attached hydrogen (secondary N) is 1. The Morgan fingerprint density at radius 3 is 2.65 bits per heavy atom. The number of carbonyl (C=O) groups excluding carboxylic acids is 1. The van der Waals surface area contributed by atoms with E-state index < -0.39 is 0 Å². The Balaban J connectivity index is 1.58. The molecule has 0 aliphatic rings. The number of carbonyl (C=O) groups is 1. The zero-order valence-corrected chi connectivity index (χ0v) is 14.3. The van der Waals surface area contributed by atoms with E-state index in [1.807, 2.05) is 43.5 Å². The number of hydrogen-bond acceptors (Lipinski definition) is 6.